The zero-order valence-electron chi connectivity index (χ0n) is 7.43. The molecule has 2 aliphatic rings. The second-order valence-electron chi connectivity index (χ2n) is 3.74. The molecule has 0 bridgehead atoms. The summed E-state index contributed by atoms with van der Waals surface area (Å²) < 4.78 is 25.0. The van der Waals surface area contributed by atoms with Gasteiger partial charge in [0.1, 0.15) is 0 Å². The summed E-state index contributed by atoms with van der Waals surface area (Å²) in [7, 11) is 0. The van der Waals surface area contributed by atoms with Crippen molar-refractivity contribution in [3.05, 3.63) is 0 Å². The first-order valence-electron chi connectivity index (χ1n) is 4.50. The number of nitrogens with zero attached hydrogens (tertiary/aromatic N) is 1. The number of halogens is 3. The fraction of sp³-hybridized carbons (Fsp3) is 1.00. The van der Waals surface area contributed by atoms with Crippen molar-refractivity contribution in [3.8, 4) is 0 Å². The van der Waals surface area contributed by atoms with Crippen LogP contribution in [0.3, 0.4) is 0 Å². The predicted octanol–water partition coefficient (Wildman–Crippen LogP) is 1.11. The molecular formula is C8H15ClF2N2. The Bertz CT molecular complexity index is 164. The quantitative estimate of drug-likeness (QED) is 0.701. The fourth-order valence-electron chi connectivity index (χ4n) is 1.98. The number of piperidine rings is 1. The van der Waals surface area contributed by atoms with Gasteiger partial charge in [-0.25, -0.2) is 8.78 Å². The highest BCUT2D eigenvalue weighted by atomic mass is 35.5. The van der Waals surface area contributed by atoms with Crippen molar-refractivity contribution in [2.24, 2.45) is 0 Å². The summed E-state index contributed by atoms with van der Waals surface area (Å²) in [6.07, 6.45) is 2.05. The third kappa shape index (κ3) is 2.51. The molecule has 0 atom stereocenters. The third-order valence-electron chi connectivity index (χ3n) is 2.69. The molecule has 5 heteroatoms. The van der Waals surface area contributed by atoms with Crippen LogP contribution in [-0.4, -0.2) is 43.0 Å². The molecule has 2 saturated heterocycles. The van der Waals surface area contributed by atoms with E-state index in [4.69, 9.17) is 0 Å². The SMILES string of the molecule is Cl.FC1(F)CN(C2CCNCC2)C1. The van der Waals surface area contributed by atoms with Crippen LogP contribution in [0.1, 0.15) is 12.8 Å². The molecule has 0 amide bonds. The van der Waals surface area contributed by atoms with E-state index in [2.05, 4.69) is 5.32 Å². The maximum absolute atomic E-state index is 12.5. The molecule has 0 aromatic heterocycles. The van der Waals surface area contributed by atoms with Gasteiger partial charge in [-0.1, -0.05) is 0 Å². The Balaban J connectivity index is 0.000000845. The molecular weight excluding hydrogens is 198 g/mol. The molecule has 0 aromatic rings. The smallest absolute Gasteiger partial charge is 0.272 e. The molecule has 2 heterocycles. The number of hydrogen-bond donors (Lipinski definition) is 1. The van der Waals surface area contributed by atoms with Crippen LogP contribution < -0.4 is 5.32 Å². The summed E-state index contributed by atoms with van der Waals surface area (Å²) >= 11 is 0. The zero-order chi connectivity index (χ0) is 8.60. The van der Waals surface area contributed by atoms with E-state index < -0.39 is 5.92 Å². The van der Waals surface area contributed by atoms with Crippen LogP contribution in [0, 0.1) is 0 Å². The van der Waals surface area contributed by atoms with Crippen molar-refractivity contribution in [2.75, 3.05) is 26.2 Å². The lowest BCUT2D eigenvalue weighted by Gasteiger charge is -2.45. The van der Waals surface area contributed by atoms with Gasteiger partial charge in [0.25, 0.3) is 5.92 Å². The molecule has 0 saturated carbocycles. The van der Waals surface area contributed by atoms with Crippen molar-refractivity contribution < 1.29 is 8.78 Å². The highest BCUT2D eigenvalue weighted by Crippen LogP contribution is 2.30. The second-order valence-corrected chi connectivity index (χ2v) is 3.74. The highest BCUT2D eigenvalue weighted by Gasteiger charge is 2.46. The Kier molecular flexibility index (Phi) is 3.49. The summed E-state index contributed by atoms with van der Waals surface area (Å²) in [6, 6.07) is 0.408. The normalized spacial score (nSPS) is 29.1. The van der Waals surface area contributed by atoms with Gasteiger partial charge in [-0.05, 0) is 25.9 Å². The minimum Gasteiger partial charge on any atom is -0.317 e. The number of alkyl halides is 2. The van der Waals surface area contributed by atoms with Crippen LogP contribution in [-0.2, 0) is 0 Å². The van der Waals surface area contributed by atoms with E-state index in [1.54, 1.807) is 0 Å². The molecule has 2 fully saturated rings. The van der Waals surface area contributed by atoms with Gasteiger partial charge in [0.15, 0.2) is 0 Å². The van der Waals surface area contributed by atoms with E-state index in [0.29, 0.717) is 6.04 Å². The summed E-state index contributed by atoms with van der Waals surface area (Å²) in [5, 5.41) is 3.22. The number of likely N-dealkylation sites (tertiary alicyclic amines) is 1. The summed E-state index contributed by atoms with van der Waals surface area (Å²) in [4.78, 5) is 1.90. The molecule has 78 valence electrons. The summed E-state index contributed by atoms with van der Waals surface area (Å²) in [6.45, 7) is 1.93. The van der Waals surface area contributed by atoms with E-state index in [1.807, 2.05) is 4.90 Å². The van der Waals surface area contributed by atoms with Crippen LogP contribution in [0.2, 0.25) is 0 Å². The van der Waals surface area contributed by atoms with Crippen LogP contribution in [0.25, 0.3) is 0 Å². The molecule has 0 radical (unpaired) electrons. The average molecular weight is 213 g/mol. The Morgan fingerprint density at radius 2 is 1.69 bits per heavy atom. The van der Waals surface area contributed by atoms with E-state index in [0.717, 1.165) is 25.9 Å². The Morgan fingerprint density at radius 3 is 2.15 bits per heavy atom. The van der Waals surface area contributed by atoms with Gasteiger partial charge in [0.2, 0.25) is 0 Å². The maximum atomic E-state index is 12.5. The summed E-state index contributed by atoms with van der Waals surface area (Å²) in [5.74, 6) is -2.40. The Labute approximate surface area is 83.1 Å². The van der Waals surface area contributed by atoms with Gasteiger partial charge in [-0.15, -0.1) is 12.4 Å². The standard InChI is InChI=1S/C8H14F2N2.ClH/c9-8(10)5-12(6-8)7-1-3-11-4-2-7;/h7,11H,1-6H2;1H. The van der Waals surface area contributed by atoms with Crippen LogP contribution >= 0.6 is 12.4 Å². The summed E-state index contributed by atoms with van der Waals surface area (Å²) in [5.41, 5.74) is 0. The van der Waals surface area contributed by atoms with E-state index in [9.17, 15) is 8.78 Å². The first-order chi connectivity index (χ1) is 5.67. The topological polar surface area (TPSA) is 15.3 Å². The molecule has 0 spiro atoms. The van der Waals surface area contributed by atoms with E-state index in [1.165, 1.54) is 0 Å². The largest absolute Gasteiger partial charge is 0.317 e. The monoisotopic (exact) mass is 212 g/mol. The average Bonchev–Trinajstić information content (AvgIpc) is 2.02. The van der Waals surface area contributed by atoms with Gasteiger partial charge < -0.3 is 5.32 Å². The van der Waals surface area contributed by atoms with Crippen molar-refractivity contribution >= 4 is 12.4 Å². The van der Waals surface area contributed by atoms with Crippen LogP contribution in [0.5, 0.6) is 0 Å². The van der Waals surface area contributed by atoms with Gasteiger partial charge in [0.05, 0.1) is 13.1 Å². The van der Waals surface area contributed by atoms with Gasteiger partial charge in [-0.2, -0.15) is 0 Å². The first-order valence-corrected chi connectivity index (χ1v) is 4.50. The van der Waals surface area contributed by atoms with Crippen molar-refractivity contribution in [1.82, 2.24) is 10.2 Å². The molecule has 0 aromatic carbocycles. The van der Waals surface area contributed by atoms with Crippen LogP contribution in [0.15, 0.2) is 0 Å². The van der Waals surface area contributed by atoms with Crippen molar-refractivity contribution in [2.45, 2.75) is 24.8 Å². The second kappa shape index (κ2) is 4.07. The molecule has 0 aliphatic carbocycles. The van der Waals surface area contributed by atoms with Crippen molar-refractivity contribution in [3.63, 3.8) is 0 Å². The van der Waals surface area contributed by atoms with E-state index >= 15 is 0 Å². The predicted molar refractivity (Wildman–Crippen MR) is 49.7 cm³/mol. The lowest BCUT2D eigenvalue weighted by atomic mass is 9.99. The molecule has 1 N–H and O–H groups in total. The molecule has 2 aliphatic heterocycles. The fourth-order valence-corrected chi connectivity index (χ4v) is 1.98. The Morgan fingerprint density at radius 1 is 1.15 bits per heavy atom. The Hall–Kier alpha value is 0.0700. The first kappa shape index (κ1) is 11.1. The number of rotatable bonds is 1. The zero-order valence-corrected chi connectivity index (χ0v) is 8.25. The van der Waals surface area contributed by atoms with Crippen molar-refractivity contribution in [1.29, 1.82) is 0 Å². The van der Waals surface area contributed by atoms with Gasteiger partial charge in [0, 0.05) is 6.04 Å². The van der Waals surface area contributed by atoms with Crippen LogP contribution in [0.4, 0.5) is 8.78 Å². The molecule has 2 rings (SSSR count). The number of hydrogen-bond acceptors (Lipinski definition) is 2. The minimum absolute atomic E-state index is 0. The lowest BCUT2D eigenvalue weighted by Crippen LogP contribution is -2.61. The van der Waals surface area contributed by atoms with E-state index in [-0.39, 0.29) is 25.5 Å². The third-order valence-corrected chi connectivity index (χ3v) is 2.69. The lowest BCUT2D eigenvalue weighted by molar-refractivity contribution is -0.148. The maximum Gasteiger partial charge on any atom is 0.272 e. The minimum atomic E-state index is -2.40. The highest BCUT2D eigenvalue weighted by molar-refractivity contribution is 5.85. The van der Waals surface area contributed by atoms with Gasteiger partial charge >= 0.3 is 0 Å². The molecule has 2 nitrogen and oxygen atoms in total. The molecule has 13 heavy (non-hydrogen) atoms. The van der Waals surface area contributed by atoms with Gasteiger partial charge in [-0.3, -0.25) is 4.90 Å². The number of nitrogens with one attached hydrogen (secondary N) is 1. The molecule has 0 unspecified atom stereocenters.